The van der Waals surface area contributed by atoms with Gasteiger partial charge in [-0.3, -0.25) is 4.79 Å². The van der Waals surface area contributed by atoms with E-state index in [9.17, 15) is 13.6 Å². The Morgan fingerprint density at radius 3 is 1.75 bits per heavy atom. The third-order valence-electron chi connectivity index (χ3n) is 2.63. The number of carbonyl (C=O) groups excluding carboxylic acids is 1. The quantitative estimate of drug-likeness (QED) is 0.159. The van der Waals surface area contributed by atoms with E-state index >= 15 is 0 Å². The molecule has 0 saturated carbocycles. The van der Waals surface area contributed by atoms with E-state index in [1.54, 1.807) is 0 Å². The molecule has 0 radical (unpaired) electrons. The number of hydrogen-bond donors (Lipinski definition) is 1. The molecule has 2 aromatic carbocycles. The van der Waals surface area contributed by atoms with E-state index in [-0.39, 0.29) is 43.1 Å². The third-order valence-corrected chi connectivity index (χ3v) is 6.36. The molecule has 0 saturated heterocycles. The molecule has 0 amide bonds. The minimum absolute atomic E-state index is 0. The Balaban J connectivity index is 0. The van der Waals surface area contributed by atoms with Crippen LogP contribution >= 0.6 is 78.3 Å². The predicted molar refractivity (Wildman–Crippen MR) is 108 cm³/mol. The Bertz CT molecular complexity index is 882. The van der Waals surface area contributed by atoms with E-state index in [0.29, 0.717) is 10.8 Å². The Labute approximate surface area is 202 Å². The molecule has 1 N–H and O–H groups in total. The van der Waals surface area contributed by atoms with Crippen LogP contribution in [-0.4, -0.2) is 11.4 Å². The molecule has 0 spiro atoms. The van der Waals surface area contributed by atoms with E-state index in [4.69, 9.17) is 59.2 Å². The maximum absolute atomic E-state index is 13.0. The Morgan fingerprint density at radius 1 is 0.964 bits per heavy atom. The average Bonchev–Trinajstić information content (AvgIpc) is 2.60. The van der Waals surface area contributed by atoms with Gasteiger partial charge in [0.1, 0.15) is 11.6 Å². The van der Waals surface area contributed by atoms with Gasteiger partial charge in [0.05, 0.1) is 36.7 Å². The fourth-order valence-corrected chi connectivity index (χ4v) is 3.40. The van der Waals surface area contributed by atoms with Crippen molar-refractivity contribution in [1.82, 2.24) is 0 Å². The van der Waals surface area contributed by atoms with Gasteiger partial charge >= 0.3 is 22.5 Å². The van der Waals surface area contributed by atoms with Crippen molar-refractivity contribution in [3.8, 4) is 0 Å². The van der Waals surface area contributed by atoms with Crippen LogP contribution in [0.15, 0.2) is 21.1 Å². The zero-order valence-electron chi connectivity index (χ0n) is 12.5. The maximum atomic E-state index is 13.0. The van der Waals surface area contributed by atoms with Gasteiger partial charge in [-0.1, -0.05) is 53.8 Å². The summed E-state index contributed by atoms with van der Waals surface area (Å²) in [5, 5.41) is 9.29. The van der Waals surface area contributed by atoms with Crippen molar-refractivity contribution in [1.29, 1.82) is 0 Å². The van der Waals surface area contributed by atoms with Crippen LogP contribution in [0.5, 0.6) is 0 Å². The van der Waals surface area contributed by atoms with Crippen molar-refractivity contribution < 1.29 is 41.2 Å². The van der Waals surface area contributed by atoms with Crippen LogP contribution < -0.4 is 0 Å². The Morgan fingerprint density at radius 2 is 1.36 bits per heavy atom. The van der Waals surface area contributed by atoms with Gasteiger partial charge in [0.2, 0.25) is 0 Å². The Hall–Kier alpha value is 0.169. The fraction of sp³-hybridized carbons (Fsp3) is 0.133. The molecule has 0 aromatic heterocycles. The van der Waals surface area contributed by atoms with Gasteiger partial charge < -0.3 is 5.11 Å². The number of carbonyl (C=O) groups is 1. The second-order valence-electron chi connectivity index (χ2n) is 4.17. The van der Waals surface area contributed by atoms with E-state index in [0.717, 1.165) is 12.1 Å². The van der Waals surface area contributed by atoms with Gasteiger partial charge in [-0.05, 0) is 44.0 Å². The second kappa shape index (κ2) is 15.0. The summed E-state index contributed by atoms with van der Waals surface area (Å²) in [5.41, 5.74) is -0.00574. The standard InChI is InChI=1S/C7H4BrCl2FO.C7H2BrCl2FO.CH4.Mn.2O/c2*8-6-3(2-12)5(11)1-4(9)7(6)10;;;;/h1,12H,2H2;1-2H;1H4;;;. The molecule has 0 aliphatic rings. The van der Waals surface area contributed by atoms with E-state index in [1.165, 1.54) is 0 Å². The second-order valence-corrected chi connectivity index (χ2v) is 7.52. The first kappa shape index (κ1) is 30.4. The SMILES string of the molecule is C.O=Cc1c(F)cc(Cl)c(Cl)c1Br.OCc1c(F)cc(Cl)c(Cl)c1Br.[O]=[Mn]=[O]. The summed E-state index contributed by atoms with van der Waals surface area (Å²) in [6.45, 7) is -0.413. The van der Waals surface area contributed by atoms with Crippen LogP contribution in [0.3, 0.4) is 0 Å². The molecule has 157 valence electrons. The molecular formula is C15H10Br2Cl4F2MnO4. The van der Waals surface area contributed by atoms with Crippen LogP contribution in [0.4, 0.5) is 8.78 Å². The molecular weight excluding hydrogens is 639 g/mol. The first-order valence-corrected chi connectivity index (χ1v) is 10.2. The summed E-state index contributed by atoms with van der Waals surface area (Å²) in [6.07, 6.45) is 0.377. The van der Waals surface area contributed by atoms with Crippen LogP contribution in [0.1, 0.15) is 23.3 Å². The molecule has 0 unspecified atom stereocenters. The number of rotatable bonds is 2. The molecule has 0 heterocycles. The van der Waals surface area contributed by atoms with Gasteiger partial charge in [0, 0.05) is 10.0 Å². The molecule has 13 heteroatoms. The van der Waals surface area contributed by atoms with Crippen molar-refractivity contribution in [2.24, 2.45) is 0 Å². The molecule has 0 aliphatic heterocycles. The average molecular weight is 649 g/mol. The van der Waals surface area contributed by atoms with E-state index in [1.807, 2.05) is 0 Å². The van der Waals surface area contributed by atoms with Crippen LogP contribution in [0.25, 0.3) is 0 Å². The molecule has 2 aromatic rings. The molecule has 0 bridgehead atoms. The zero-order chi connectivity index (χ0) is 21.3. The summed E-state index contributed by atoms with van der Waals surface area (Å²) in [7, 11) is 0. The summed E-state index contributed by atoms with van der Waals surface area (Å²) in [6, 6.07) is 2.07. The van der Waals surface area contributed by atoms with Crippen molar-refractivity contribution in [2.45, 2.75) is 14.0 Å². The topological polar surface area (TPSA) is 71.4 Å². The number of benzene rings is 2. The Kier molecular flexibility index (Phi) is 16.3. The van der Waals surface area contributed by atoms with Crippen LogP contribution in [-0.2, 0) is 29.1 Å². The van der Waals surface area contributed by atoms with Crippen LogP contribution in [0.2, 0.25) is 20.1 Å². The molecule has 28 heavy (non-hydrogen) atoms. The number of aliphatic hydroxyl groups excluding tert-OH is 1. The van der Waals surface area contributed by atoms with E-state index < -0.39 is 33.1 Å². The number of halogens is 8. The van der Waals surface area contributed by atoms with Gasteiger partial charge in [0.15, 0.2) is 6.29 Å². The number of hydrogen-bond acceptors (Lipinski definition) is 4. The molecule has 4 nitrogen and oxygen atoms in total. The van der Waals surface area contributed by atoms with E-state index in [2.05, 4.69) is 31.9 Å². The zero-order valence-corrected chi connectivity index (χ0v) is 19.9. The predicted octanol–water partition coefficient (Wildman–Crippen LogP) is 7.49. The fourth-order valence-electron chi connectivity index (χ4n) is 1.44. The number of aliphatic hydroxyl groups is 1. The van der Waals surface area contributed by atoms with Crippen molar-refractivity contribution in [3.63, 3.8) is 0 Å². The normalized spacial score (nSPS) is 9.18. The van der Waals surface area contributed by atoms with Gasteiger partial charge in [-0.15, -0.1) is 0 Å². The summed E-state index contributed by atoms with van der Waals surface area (Å²) < 4.78 is 43.1. The molecule has 0 aliphatic carbocycles. The van der Waals surface area contributed by atoms with Gasteiger partial charge in [0.25, 0.3) is 0 Å². The van der Waals surface area contributed by atoms with Crippen LogP contribution in [0, 0.1) is 11.6 Å². The number of aldehydes is 1. The van der Waals surface area contributed by atoms with Gasteiger partial charge in [-0.25, -0.2) is 8.78 Å². The summed E-state index contributed by atoms with van der Waals surface area (Å²) in [4.78, 5) is 10.3. The summed E-state index contributed by atoms with van der Waals surface area (Å²) in [5.74, 6) is -1.26. The van der Waals surface area contributed by atoms with Crippen molar-refractivity contribution in [3.05, 3.63) is 63.9 Å². The molecule has 0 atom stereocenters. The molecule has 0 fully saturated rings. The first-order chi connectivity index (χ1) is 12.6. The van der Waals surface area contributed by atoms with Gasteiger partial charge in [-0.2, -0.15) is 0 Å². The van der Waals surface area contributed by atoms with Crippen molar-refractivity contribution in [2.75, 3.05) is 0 Å². The monoisotopic (exact) mass is 645 g/mol. The minimum atomic E-state index is -1.44. The summed E-state index contributed by atoms with van der Waals surface area (Å²) >= 11 is 26.9. The van der Waals surface area contributed by atoms with Crippen molar-refractivity contribution >= 4 is 84.5 Å². The molecule has 2 rings (SSSR count). The first-order valence-electron chi connectivity index (χ1n) is 6.17. The third kappa shape index (κ3) is 8.50.